The van der Waals surface area contributed by atoms with Gasteiger partial charge in [-0.15, -0.1) is 0 Å². The SMILES string of the molecule is O=P1(c2ccccc2)c2ccccc2-c2cc3c(cc21)c1ccccc1n3-c1nc(-c2ccc(-c3ccc4ccccc4c3)cc2)c2ccccc2n1.O=P1(c2ccccc2)c2ccccc2-c2cc3c(cc21)c1ccccc1n3-c1nc(-c2ccc(-c3cccc4ccccc34)cc2)c2ccccc2n1. The van der Waals surface area contributed by atoms with Crippen LogP contribution in [0.1, 0.15) is 0 Å². The van der Waals surface area contributed by atoms with Crippen LogP contribution in [-0.4, -0.2) is 29.1 Å². The molecule has 8 nitrogen and oxygen atoms in total. The Kier molecular flexibility index (Phi) is 14.0. The van der Waals surface area contributed by atoms with Crippen LogP contribution in [0.2, 0.25) is 0 Å². The highest BCUT2D eigenvalue weighted by Crippen LogP contribution is 2.55. The molecule has 0 saturated heterocycles. The van der Waals surface area contributed by atoms with Gasteiger partial charge in [-0.3, -0.25) is 9.13 Å². The largest absolute Gasteiger partial charge is 0.309 e. The van der Waals surface area contributed by atoms with Crippen LogP contribution in [0.4, 0.5) is 0 Å². The maximum atomic E-state index is 15.4. The van der Waals surface area contributed by atoms with Crippen LogP contribution in [0.3, 0.4) is 0 Å². The van der Waals surface area contributed by atoms with Gasteiger partial charge >= 0.3 is 0 Å². The number of hydrogen-bond donors (Lipinski definition) is 0. The van der Waals surface area contributed by atoms with Gasteiger partial charge in [0.25, 0.3) is 0 Å². The Morgan fingerprint density at radius 3 is 1.13 bits per heavy atom. The number of benzene rings is 16. The van der Waals surface area contributed by atoms with Crippen LogP contribution >= 0.6 is 14.3 Å². The van der Waals surface area contributed by atoms with Gasteiger partial charge in [-0.1, -0.05) is 309 Å². The van der Waals surface area contributed by atoms with Crippen LogP contribution in [-0.2, 0) is 9.13 Å². The van der Waals surface area contributed by atoms with Crippen molar-refractivity contribution >= 4 is 133 Å². The zero-order valence-electron chi connectivity index (χ0n) is 57.0. The van der Waals surface area contributed by atoms with E-state index in [0.29, 0.717) is 11.9 Å². The first-order chi connectivity index (χ1) is 52.3. The van der Waals surface area contributed by atoms with Gasteiger partial charge < -0.3 is 9.13 Å². The summed E-state index contributed by atoms with van der Waals surface area (Å²) in [6, 6.07) is 126. The van der Waals surface area contributed by atoms with Crippen molar-refractivity contribution in [3.63, 3.8) is 0 Å². The molecule has 0 amide bonds. The predicted molar refractivity (Wildman–Crippen MR) is 441 cm³/mol. The van der Waals surface area contributed by atoms with E-state index in [2.05, 4.69) is 252 Å². The summed E-state index contributed by atoms with van der Waals surface area (Å²) >= 11 is 0. The highest BCUT2D eigenvalue weighted by Gasteiger charge is 2.43. The zero-order valence-corrected chi connectivity index (χ0v) is 58.8. The van der Waals surface area contributed by atoms with E-state index in [1.165, 1.54) is 32.7 Å². The van der Waals surface area contributed by atoms with Crippen molar-refractivity contribution in [1.82, 2.24) is 29.1 Å². The maximum Gasteiger partial charge on any atom is 0.235 e. The summed E-state index contributed by atoms with van der Waals surface area (Å²) in [6.07, 6.45) is 0. The van der Waals surface area contributed by atoms with Crippen LogP contribution in [0, 0.1) is 0 Å². The van der Waals surface area contributed by atoms with Crippen molar-refractivity contribution in [2.75, 3.05) is 0 Å². The Hall–Kier alpha value is -13.2. The van der Waals surface area contributed by atoms with Gasteiger partial charge in [0.2, 0.25) is 11.9 Å². The fourth-order valence-corrected chi connectivity index (χ4v) is 22.8. The third-order valence-corrected chi connectivity index (χ3v) is 27.9. The molecule has 0 saturated carbocycles. The standard InChI is InChI=1S/2C48H30N3OP/c52-53(34-15-2-1-3-16-34)45-24-11-8-19-38(45)41-29-44-40(30-46(41)53)37-18-7-10-23-43(37)51(44)48-49-42-22-9-6-20-39(42)47(50-48)33-27-25-32(26-28-33)36-21-12-14-31-13-4-5-17-35(31)36;52-53(36-14-2-1-3-15-36)45-21-11-8-17-38(45)41-29-44-40(30-46(41)53)37-16-7-10-20-43(37)51(44)48-49-42-19-9-6-18-39(42)47(50-48)33-25-22-32(23-26-33)35-27-24-31-12-4-5-13-34(31)28-35/h2*1-30H. The zero-order chi connectivity index (χ0) is 70.2. The van der Waals surface area contributed by atoms with Gasteiger partial charge in [0, 0.05) is 75.3 Å². The molecule has 106 heavy (non-hydrogen) atoms. The first kappa shape index (κ1) is 61.4. The Bertz CT molecular complexity index is 7140. The molecular formula is C96H60N6O2P2. The number of rotatable bonds is 8. The molecule has 0 N–H and O–H groups in total. The molecule has 0 aliphatic carbocycles. The van der Waals surface area contributed by atoms with Crippen LogP contribution in [0.15, 0.2) is 364 Å². The molecule has 6 heterocycles. The van der Waals surface area contributed by atoms with Crippen molar-refractivity contribution in [3.05, 3.63) is 364 Å². The van der Waals surface area contributed by atoms with Crippen LogP contribution < -0.4 is 31.8 Å². The minimum atomic E-state index is -3.11. The fraction of sp³-hybridized carbons (Fsp3) is 0. The molecule has 2 aliphatic heterocycles. The van der Waals surface area contributed by atoms with E-state index in [1.807, 2.05) is 121 Å². The monoisotopic (exact) mass is 1390 g/mol. The van der Waals surface area contributed by atoms with Crippen molar-refractivity contribution in [3.8, 4) is 78.9 Å². The number of nitrogens with zero attached hydrogens (tertiary/aromatic N) is 6. The third-order valence-electron chi connectivity index (χ3n) is 21.6. The molecule has 20 aromatic rings. The number of para-hydroxylation sites is 4. The number of aromatic nitrogens is 6. The Morgan fingerprint density at radius 2 is 0.604 bits per heavy atom. The first-order valence-corrected chi connectivity index (χ1v) is 39.1. The van der Waals surface area contributed by atoms with E-state index in [1.54, 1.807) is 0 Å². The summed E-state index contributed by atoms with van der Waals surface area (Å²) in [6.45, 7) is 0. The van der Waals surface area contributed by atoms with Crippen molar-refractivity contribution in [1.29, 1.82) is 0 Å². The Labute approximate surface area is 610 Å². The quantitative estimate of drug-likeness (QED) is 0.141. The fourth-order valence-electron chi connectivity index (χ4n) is 16.7. The molecule has 16 aromatic carbocycles. The van der Waals surface area contributed by atoms with E-state index in [0.717, 1.165) is 153 Å². The summed E-state index contributed by atoms with van der Waals surface area (Å²) in [4.78, 5) is 21.2. The summed E-state index contributed by atoms with van der Waals surface area (Å²) in [5.74, 6) is 1.20. The Morgan fingerprint density at radius 1 is 0.217 bits per heavy atom. The molecule has 0 bridgehead atoms. The molecule has 496 valence electrons. The lowest BCUT2D eigenvalue weighted by atomic mass is 9.96. The van der Waals surface area contributed by atoms with Gasteiger partial charge in [-0.25, -0.2) is 19.9 Å². The highest BCUT2D eigenvalue weighted by atomic mass is 31.2. The van der Waals surface area contributed by atoms with E-state index in [-0.39, 0.29) is 0 Å². The second kappa shape index (κ2) is 24.2. The molecule has 4 aromatic heterocycles. The molecule has 2 atom stereocenters. The van der Waals surface area contributed by atoms with Crippen LogP contribution in [0.25, 0.3) is 166 Å². The summed E-state index contributed by atoms with van der Waals surface area (Å²) in [5, 5.41) is 16.3. The molecular weight excluding hydrogens is 1330 g/mol. The van der Waals surface area contributed by atoms with Crippen molar-refractivity contribution < 1.29 is 9.13 Å². The lowest BCUT2D eigenvalue weighted by Gasteiger charge is -2.16. The van der Waals surface area contributed by atoms with Gasteiger partial charge in [0.05, 0.1) is 44.5 Å². The molecule has 2 aliphatic rings. The topological polar surface area (TPSA) is 95.6 Å². The molecule has 10 heteroatoms. The average molecular weight is 1390 g/mol. The highest BCUT2D eigenvalue weighted by molar-refractivity contribution is 7.87. The van der Waals surface area contributed by atoms with E-state index >= 15 is 9.13 Å². The van der Waals surface area contributed by atoms with Gasteiger partial charge in [-0.2, -0.15) is 0 Å². The summed E-state index contributed by atoms with van der Waals surface area (Å²) < 4.78 is 35.2. The minimum absolute atomic E-state index is 0.598. The smallest absolute Gasteiger partial charge is 0.235 e. The molecule has 0 radical (unpaired) electrons. The molecule has 22 rings (SSSR count). The van der Waals surface area contributed by atoms with E-state index in [9.17, 15) is 0 Å². The lowest BCUT2D eigenvalue weighted by molar-refractivity contribution is 0.592. The predicted octanol–water partition coefficient (Wildman–Crippen LogP) is 21.7. The summed E-state index contributed by atoms with van der Waals surface area (Å²) in [7, 11) is -6.22. The Balaban J connectivity index is 0.000000136. The lowest BCUT2D eigenvalue weighted by Crippen LogP contribution is -2.20. The van der Waals surface area contributed by atoms with E-state index < -0.39 is 14.3 Å². The molecule has 0 fully saturated rings. The second-order valence-corrected chi connectivity index (χ2v) is 32.8. The number of fused-ring (bicyclic) bond motifs is 16. The van der Waals surface area contributed by atoms with E-state index in [4.69, 9.17) is 19.9 Å². The van der Waals surface area contributed by atoms with Gasteiger partial charge in [0.1, 0.15) is 0 Å². The third kappa shape index (κ3) is 9.48. The average Bonchev–Trinajstić information content (AvgIpc) is 1.54. The summed E-state index contributed by atoms with van der Waals surface area (Å²) in [5.41, 5.74) is 18.2. The molecule has 0 spiro atoms. The van der Waals surface area contributed by atoms with Gasteiger partial charge in [0.15, 0.2) is 14.3 Å². The van der Waals surface area contributed by atoms with Crippen molar-refractivity contribution in [2.45, 2.75) is 0 Å². The maximum absolute atomic E-state index is 15.4. The number of hydrogen-bond acceptors (Lipinski definition) is 6. The van der Waals surface area contributed by atoms with Crippen LogP contribution in [0.5, 0.6) is 0 Å². The second-order valence-electron chi connectivity index (χ2n) is 27.4. The normalized spacial score (nSPS) is 14.9. The first-order valence-electron chi connectivity index (χ1n) is 35.7. The van der Waals surface area contributed by atoms with Gasteiger partial charge in [-0.05, 0) is 121 Å². The minimum Gasteiger partial charge on any atom is -0.309 e. The van der Waals surface area contributed by atoms with Crippen molar-refractivity contribution in [2.24, 2.45) is 0 Å². The molecule has 2 unspecified atom stereocenters.